The van der Waals surface area contributed by atoms with Crippen molar-refractivity contribution < 1.29 is 4.74 Å². The van der Waals surface area contributed by atoms with Crippen LogP contribution in [0.2, 0.25) is 0 Å². The van der Waals surface area contributed by atoms with Gasteiger partial charge in [0, 0.05) is 11.1 Å². The molecule has 0 spiro atoms. The number of benzene rings is 1. The maximum absolute atomic E-state index is 6.11. The lowest BCUT2D eigenvalue weighted by Crippen LogP contribution is -2.31. The third kappa shape index (κ3) is 2.02. The second-order valence-corrected chi connectivity index (χ2v) is 4.30. The fourth-order valence-electron chi connectivity index (χ4n) is 1.73. The van der Waals surface area contributed by atoms with Crippen LogP contribution in [0.5, 0.6) is 0 Å². The molecule has 3 nitrogen and oxygen atoms in total. The van der Waals surface area contributed by atoms with E-state index in [2.05, 4.69) is 4.99 Å². The van der Waals surface area contributed by atoms with Crippen molar-refractivity contribution in [2.24, 2.45) is 10.7 Å². The van der Waals surface area contributed by atoms with Crippen molar-refractivity contribution >= 4 is 5.90 Å². The van der Waals surface area contributed by atoms with Crippen molar-refractivity contribution in [1.82, 2.24) is 0 Å². The van der Waals surface area contributed by atoms with E-state index in [-0.39, 0.29) is 5.54 Å². The molecule has 0 saturated heterocycles. The fraction of sp³-hybridized carbons (Fsp3) is 0.417. The molecule has 2 N–H and O–H groups in total. The molecule has 3 heteroatoms. The Morgan fingerprint density at radius 2 is 2.07 bits per heavy atom. The summed E-state index contributed by atoms with van der Waals surface area (Å²) in [5, 5.41) is 0. The van der Waals surface area contributed by atoms with Crippen molar-refractivity contribution in [1.29, 1.82) is 0 Å². The van der Waals surface area contributed by atoms with Gasteiger partial charge in [0.2, 0.25) is 5.90 Å². The topological polar surface area (TPSA) is 47.6 Å². The first kappa shape index (κ1) is 10.2. The van der Waals surface area contributed by atoms with Gasteiger partial charge in [-0.15, -0.1) is 0 Å². The van der Waals surface area contributed by atoms with Gasteiger partial charge in [-0.3, -0.25) is 0 Å². The van der Waals surface area contributed by atoms with Crippen LogP contribution in [0.3, 0.4) is 0 Å². The normalized spacial score (nSPS) is 16.1. The van der Waals surface area contributed by atoms with E-state index in [1.54, 1.807) is 0 Å². The zero-order valence-electron chi connectivity index (χ0n) is 9.16. The van der Waals surface area contributed by atoms with Gasteiger partial charge in [-0.05, 0) is 25.5 Å². The van der Waals surface area contributed by atoms with Crippen LogP contribution in [0.15, 0.2) is 29.3 Å². The zero-order chi connectivity index (χ0) is 10.9. The van der Waals surface area contributed by atoms with Crippen LogP contribution in [-0.4, -0.2) is 19.0 Å². The zero-order valence-corrected chi connectivity index (χ0v) is 9.16. The number of hydrogen-bond acceptors (Lipinski definition) is 3. The van der Waals surface area contributed by atoms with Gasteiger partial charge in [0.15, 0.2) is 0 Å². The van der Waals surface area contributed by atoms with Gasteiger partial charge >= 0.3 is 0 Å². The number of ether oxygens (including phenoxy) is 1. The smallest absolute Gasteiger partial charge is 0.216 e. The molecule has 80 valence electrons. The molecule has 0 fully saturated rings. The predicted molar refractivity (Wildman–Crippen MR) is 61.0 cm³/mol. The highest BCUT2D eigenvalue weighted by atomic mass is 16.5. The molecule has 15 heavy (non-hydrogen) atoms. The molecule has 1 aliphatic heterocycles. The number of nitrogens with zero attached hydrogens (tertiary/aromatic N) is 1. The highest BCUT2D eigenvalue weighted by Gasteiger charge is 2.22. The molecule has 1 heterocycles. The van der Waals surface area contributed by atoms with E-state index < -0.39 is 0 Å². The Balaban J connectivity index is 2.47. The van der Waals surface area contributed by atoms with E-state index in [4.69, 9.17) is 10.5 Å². The molecule has 2 rings (SSSR count). The highest BCUT2D eigenvalue weighted by molar-refractivity contribution is 5.96. The second-order valence-electron chi connectivity index (χ2n) is 4.30. The second kappa shape index (κ2) is 3.66. The molecule has 0 atom stereocenters. The van der Waals surface area contributed by atoms with Gasteiger partial charge < -0.3 is 10.5 Å². The third-order valence-electron chi connectivity index (χ3n) is 2.44. The van der Waals surface area contributed by atoms with Crippen molar-refractivity contribution in [3.8, 4) is 0 Å². The average Bonchev–Trinajstić information content (AvgIpc) is 2.69. The van der Waals surface area contributed by atoms with Crippen molar-refractivity contribution in [3.05, 3.63) is 35.4 Å². The van der Waals surface area contributed by atoms with Crippen molar-refractivity contribution in [2.75, 3.05) is 13.2 Å². The summed E-state index contributed by atoms with van der Waals surface area (Å²) in [5.41, 5.74) is 7.84. The summed E-state index contributed by atoms with van der Waals surface area (Å²) in [6.07, 6.45) is 0. The monoisotopic (exact) mass is 204 g/mol. The summed E-state index contributed by atoms with van der Waals surface area (Å²) in [5.74, 6) is 0.726. The van der Waals surface area contributed by atoms with Crippen LogP contribution < -0.4 is 5.73 Å². The van der Waals surface area contributed by atoms with E-state index >= 15 is 0 Å². The summed E-state index contributed by atoms with van der Waals surface area (Å²) in [7, 11) is 0. The Kier molecular flexibility index (Phi) is 2.49. The number of nitrogens with two attached hydrogens (primary N) is 1. The van der Waals surface area contributed by atoms with Gasteiger partial charge in [0.05, 0.1) is 6.54 Å². The van der Waals surface area contributed by atoms with Crippen molar-refractivity contribution in [3.63, 3.8) is 0 Å². The van der Waals surface area contributed by atoms with Crippen LogP contribution in [-0.2, 0) is 10.3 Å². The van der Waals surface area contributed by atoms with E-state index in [1.807, 2.05) is 38.1 Å². The molecule has 1 aromatic rings. The Labute approximate surface area is 90.0 Å². The lowest BCUT2D eigenvalue weighted by Gasteiger charge is -2.22. The molecule has 0 aromatic heterocycles. The molecular weight excluding hydrogens is 188 g/mol. The number of aliphatic imine (C=N–C) groups is 1. The molecule has 0 amide bonds. The van der Waals surface area contributed by atoms with Gasteiger partial charge in [-0.1, -0.05) is 18.2 Å². The van der Waals surface area contributed by atoms with Crippen LogP contribution in [0.1, 0.15) is 25.0 Å². The summed E-state index contributed by atoms with van der Waals surface area (Å²) in [4.78, 5) is 4.32. The van der Waals surface area contributed by atoms with Crippen LogP contribution in [0.25, 0.3) is 0 Å². The summed E-state index contributed by atoms with van der Waals surface area (Å²) < 4.78 is 5.47. The quantitative estimate of drug-likeness (QED) is 0.796. The molecule has 1 aliphatic rings. The Hall–Kier alpha value is -1.35. The molecule has 0 aliphatic carbocycles. The van der Waals surface area contributed by atoms with Gasteiger partial charge in [-0.25, -0.2) is 4.99 Å². The van der Waals surface area contributed by atoms with E-state index in [9.17, 15) is 0 Å². The van der Waals surface area contributed by atoms with E-state index in [0.717, 1.165) is 23.6 Å². The predicted octanol–water partition coefficient (Wildman–Crippen LogP) is 1.66. The van der Waals surface area contributed by atoms with Crippen LogP contribution >= 0.6 is 0 Å². The molecule has 1 aromatic carbocycles. The summed E-state index contributed by atoms with van der Waals surface area (Å²) in [6.45, 7) is 5.39. The first-order valence-electron chi connectivity index (χ1n) is 5.15. The van der Waals surface area contributed by atoms with E-state index in [0.29, 0.717) is 6.61 Å². The molecule has 0 bridgehead atoms. The summed E-state index contributed by atoms with van der Waals surface area (Å²) in [6, 6.07) is 8.01. The lowest BCUT2D eigenvalue weighted by atomic mass is 9.91. The fourth-order valence-corrected chi connectivity index (χ4v) is 1.73. The standard InChI is InChI=1S/C12H16N2O/c1-12(2,13)10-6-4-3-5-9(10)11-14-7-8-15-11/h3-6H,7-8,13H2,1-2H3. The largest absolute Gasteiger partial charge is 0.476 e. The number of rotatable bonds is 2. The Morgan fingerprint density at radius 3 is 2.67 bits per heavy atom. The molecule has 0 radical (unpaired) electrons. The highest BCUT2D eigenvalue weighted by Crippen LogP contribution is 2.23. The lowest BCUT2D eigenvalue weighted by molar-refractivity contribution is 0.347. The summed E-state index contributed by atoms with van der Waals surface area (Å²) >= 11 is 0. The van der Waals surface area contributed by atoms with E-state index in [1.165, 1.54) is 0 Å². The Morgan fingerprint density at radius 1 is 1.33 bits per heavy atom. The minimum absolute atomic E-state index is 0.370. The Bertz CT molecular complexity index is 391. The maximum atomic E-state index is 6.11. The van der Waals surface area contributed by atoms with Gasteiger partial charge in [0.25, 0.3) is 0 Å². The van der Waals surface area contributed by atoms with Crippen LogP contribution in [0, 0.1) is 0 Å². The maximum Gasteiger partial charge on any atom is 0.216 e. The van der Waals surface area contributed by atoms with Gasteiger partial charge in [-0.2, -0.15) is 0 Å². The third-order valence-corrected chi connectivity index (χ3v) is 2.44. The average molecular weight is 204 g/mol. The minimum Gasteiger partial charge on any atom is -0.476 e. The minimum atomic E-state index is -0.370. The first-order valence-corrected chi connectivity index (χ1v) is 5.15. The molecule has 0 unspecified atom stereocenters. The SMILES string of the molecule is CC(C)(N)c1ccccc1C1=NCCO1. The molecular formula is C12H16N2O. The van der Waals surface area contributed by atoms with Crippen LogP contribution in [0.4, 0.5) is 0 Å². The molecule has 0 saturated carbocycles. The number of hydrogen-bond donors (Lipinski definition) is 1. The van der Waals surface area contributed by atoms with Gasteiger partial charge in [0.1, 0.15) is 6.61 Å². The first-order chi connectivity index (χ1) is 7.09. The van der Waals surface area contributed by atoms with Crippen molar-refractivity contribution in [2.45, 2.75) is 19.4 Å².